The van der Waals surface area contributed by atoms with Gasteiger partial charge in [-0.1, -0.05) is 12.1 Å². The van der Waals surface area contributed by atoms with Gasteiger partial charge in [0, 0.05) is 17.3 Å². The molecule has 3 N–H and O–H groups in total. The summed E-state index contributed by atoms with van der Waals surface area (Å²) in [5.41, 5.74) is 10.1. The first kappa shape index (κ1) is 22.2. The van der Waals surface area contributed by atoms with Crippen LogP contribution in [0, 0.1) is 0 Å². The summed E-state index contributed by atoms with van der Waals surface area (Å²) >= 11 is 0. The predicted octanol–water partition coefficient (Wildman–Crippen LogP) is 4.72. The van der Waals surface area contributed by atoms with Gasteiger partial charge in [-0.2, -0.15) is 8.78 Å². The summed E-state index contributed by atoms with van der Waals surface area (Å²) in [6.07, 6.45) is 4.44. The Hall–Kier alpha value is -2.10. The van der Waals surface area contributed by atoms with Crippen LogP contribution in [-0.2, 0) is 19.4 Å². The maximum atomic E-state index is 12.6. The monoisotopic (exact) mass is 503 g/mol. The molecule has 0 aliphatic heterocycles. The molecule has 152 valence electrons. The Bertz CT molecular complexity index is 831. The van der Waals surface area contributed by atoms with Gasteiger partial charge < -0.3 is 20.5 Å². The lowest BCUT2D eigenvalue weighted by Crippen LogP contribution is -2.24. The van der Waals surface area contributed by atoms with Crippen molar-refractivity contribution in [1.82, 2.24) is 0 Å². The molecule has 5 nitrogen and oxygen atoms in total. The molecule has 0 bridgehead atoms. The van der Waals surface area contributed by atoms with Crippen molar-refractivity contribution < 1.29 is 18.3 Å². The third-order valence-corrected chi connectivity index (χ3v) is 4.57. The number of ether oxygens (including phenoxy) is 2. The third-order valence-electron chi connectivity index (χ3n) is 4.57. The van der Waals surface area contributed by atoms with Crippen LogP contribution in [0.4, 0.5) is 14.5 Å². The zero-order chi connectivity index (χ0) is 19.2. The summed E-state index contributed by atoms with van der Waals surface area (Å²) in [5.74, 6) is 0.686. The summed E-state index contributed by atoms with van der Waals surface area (Å²) in [6.45, 7) is -2.81. The van der Waals surface area contributed by atoms with Crippen LogP contribution in [0.3, 0.4) is 0 Å². The number of hydrogen-bond acceptors (Lipinski definition) is 3. The van der Waals surface area contributed by atoms with E-state index in [0.717, 1.165) is 24.9 Å². The fraction of sp³-hybridized carbons (Fsp3) is 0.350. The largest absolute Gasteiger partial charge is 0.497 e. The van der Waals surface area contributed by atoms with Gasteiger partial charge in [0.05, 0.1) is 13.7 Å². The summed E-state index contributed by atoms with van der Waals surface area (Å²) in [7, 11) is 1.46. The molecule has 0 aromatic heterocycles. The third kappa shape index (κ3) is 5.70. The predicted molar refractivity (Wildman–Crippen MR) is 117 cm³/mol. The topological polar surface area (TPSA) is 68.9 Å². The second-order valence-corrected chi connectivity index (χ2v) is 6.33. The lowest BCUT2D eigenvalue weighted by molar-refractivity contribution is -0.0505. The van der Waals surface area contributed by atoms with Crippen LogP contribution in [0.2, 0.25) is 0 Å². The average molecular weight is 503 g/mol. The highest BCUT2D eigenvalue weighted by atomic mass is 127. The van der Waals surface area contributed by atoms with Crippen molar-refractivity contribution in [2.24, 2.45) is 10.7 Å². The van der Waals surface area contributed by atoms with E-state index in [9.17, 15) is 8.78 Å². The number of fused-ring (bicyclic) bond motifs is 1. The lowest BCUT2D eigenvalue weighted by Gasteiger charge is -2.19. The van der Waals surface area contributed by atoms with Crippen molar-refractivity contribution in [2.45, 2.75) is 38.8 Å². The van der Waals surface area contributed by atoms with Gasteiger partial charge >= 0.3 is 6.61 Å². The number of aliphatic imine (C=N–C) groups is 1. The summed E-state index contributed by atoms with van der Waals surface area (Å²) < 4.78 is 34.9. The van der Waals surface area contributed by atoms with Gasteiger partial charge in [-0.3, -0.25) is 0 Å². The second-order valence-electron chi connectivity index (χ2n) is 6.33. The standard InChI is InChI=1S/C20H23F2N3O2.HI/c1-26-15-10-9-14(18(11-15)27-19(21)22)12-24-20(23)25-17-8-4-6-13-5-2-3-7-16(13)17;/h4,6,8-11,19H,2-3,5,7,12H2,1H3,(H3,23,24,25);1H. The fourth-order valence-corrected chi connectivity index (χ4v) is 3.24. The maximum Gasteiger partial charge on any atom is 0.387 e. The molecule has 0 radical (unpaired) electrons. The first-order valence-corrected chi connectivity index (χ1v) is 8.86. The molecule has 1 aliphatic carbocycles. The first-order chi connectivity index (χ1) is 13.1. The van der Waals surface area contributed by atoms with Crippen LogP contribution in [0.5, 0.6) is 11.5 Å². The van der Waals surface area contributed by atoms with Crippen LogP contribution < -0.4 is 20.5 Å². The number of hydrogen-bond donors (Lipinski definition) is 2. The Labute approximate surface area is 180 Å². The molecular formula is C20H24F2IN3O2. The minimum absolute atomic E-state index is 0. The smallest absolute Gasteiger partial charge is 0.387 e. The van der Waals surface area contributed by atoms with Gasteiger partial charge in [0.2, 0.25) is 0 Å². The van der Waals surface area contributed by atoms with Crippen molar-refractivity contribution in [3.05, 3.63) is 53.1 Å². The molecule has 0 amide bonds. The molecule has 1 aliphatic rings. The molecule has 28 heavy (non-hydrogen) atoms. The molecule has 0 atom stereocenters. The van der Waals surface area contributed by atoms with E-state index in [-0.39, 0.29) is 42.2 Å². The Morgan fingerprint density at radius 2 is 2.00 bits per heavy atom. The molecule has 8 heteroatoms. The van der Waals surface area contributed by atoms with Crippen LogP contribution in [-0.4, -0.2) is 19.7 Å². The highest BCUT2D eigenvalue weighted by Crippen LogP contribution is 2.29. The highest BCUT2D eigenvalue weighted by molar-refractivity contribution is 14.0. The Kier molecular flexibility index (Phi) is 8.28. The van der Waals surface area contributed by atoms with Gasteiger partial charge in [0.15, 0.2) is 5.96 Å². The SMILES string of the molecule is COc1ccc(CN=C(N)Nc2cccc3c2CCCC3)c(OC(F)F)c1.I. The number of rotatable bonds is 6. The van der Waals surface area contributed by atoms with E-state index in [1.807, 2.05) is 12.1 Å². The van der Waals surface area contributed by atoms with Crippen molar-refractivity contribution in [3.8, 4) is 11.5 Å². The van der Waals surface area contributed by atoms with Crippen molar-refractivity contribution in [2.75, 3.05) is 12.4 Å². The van der Waals surface area contributed by atoms with E-state index in [0.29, 0.717) is 11.3 Å². The Morgan fingerprint density at radius 1 is 1.21 bits per heavy atom. The van der Waals surface area contributed by atoms with E-state index in [4.69, 9.17) is 10.5 Å². The number of benzene rings is 2. The van der Waals surface area contributed by atoms with Crippen LogP contribution in [0.15, 0.2) is 41.4 Å². The molecule has 0 spiro atoms. The average Bonchev–Trinajstić information content (AvgIpc) is 2.67. The van der Waals surface area contributed by atoms with Crippen LogP contribution in [0.25, 0.3) is 0 Å². The van der Waals surface area contributed by atoms with Crippen LogP contribution >= 0.6 is 24.0 Å². The quantitative estimate of drug-likeness (QED) is 0.340. The highest BCUT2D eigenvalue weighted by Gasteiger charge is 2.14. The molecule has 2 aromatic rings. The van der Waals surface area contributed by atoms with E-state index >= 15 is 0 Å². The summed E-state index contributed by atoms with van der Waals surface area (Å²) in [6, 6.07) is 10.8. The van der Waals surface area contributed by atoms with Gasteiger partial charge in [0.25, 0.3) is 0 Å². The molecule has 0 saturated carbocycles. The number of nitrogens with two attached hydrogens (primary N) is 1. The Morgan fingerprint density at radius 3 is 2.75 bits per heavy atom. The Balaban J connectivity index is 0.00000280. The van der Waals surface area contributed by atoms with Crippen molar-refractivity contribution in [1.29, 1.82) is 0 Å². The van der Waals surface area contributed by atoms with E-state index < -0.39 is 6.61 Å². The summed E-state index contributed by atoms with van der Waals surface area (Å²) in [4.78, 5) is 4.28. The fourth-order valence-electron chi connectivity index (χ4n) is 3.24. The number of guanidine groups is 1. The number of nitrogens with zero attached hydrogens (tertiary/aromatic N) is 1. The van der Waals surface area contributed by atoms with Crippen molar-refractivity contribution >= 4 is 35.6 Å². The number of anilines is 1. The summed E-state index contributed by atoms with van der Waals surface area (Å²) in [5, 5.41) is 3.14. The van der Waals surface area contributed by atoms with Crippen molar-refractivity contribution in [3.63, 3.8) is 0 Å². The maximum absolute atomic E-state index is 12.6. The minimum Gasteiger partial charge on any atom is -0.497 e. The van der Waals surface area contributed by atoms with Gasteiger partial charge in [-0.25, -0.2) is 4.99 Å². The normalized spacial score (nSPS) is 13.5. The van der Waals surface area contributed by atoms with E-state index in [1.54, 1.807) is 12.1 Å². The van der Waals surface area contributed by atoms with Crippen LogP contribution in [0.1, 0.15) is 29.5 Å². The van der Waals surface area contributed by atoms with E-state index in [2.05, 4.69) is 21.1 Å². The van der Waals surface area contributed by atoms with Gasteiger partial charge in [-0.15, -0.1) is 24.0 Å². The molecule has 0 saturated heterocycles. The number of alkyl halides is 2. The lowest BCUT2D eigenvalue weighted by atomic mass is 9.90. The zero-order valence-electron chi connectivity index (χ0n) is 15.6. The number of nitrogens with one attached hydrogen (secondary N) is 1. The molecule has 0 heterocycles. The molecule has 2 aromatic carbocycles. The number of halogens is 3. The number of aryl methyl sites for hydroxylation is 1. The molecule has 0 fully saturated rings. The molecule has 0 unspecified atom stereocenters. The first-order valence-electron chi connectivity index (χ1n) is 8.86. The molecular weight excluding hydrogens is 479 g/mol. The zero-order valence-corrected chi connectivity index (χ0v) is 17.9. The van der Waals surface area contributed by atoms with Gasteiger partial charge in [-0.05, 0) is 55.0 Å². The second kappa shape index (κ2) is 10.4. The minimum atomic E-state index is -2.92. The van der Waals surface area contributed by atoms with E-state index in [1.165, 1.54) is 30.7 Å². The number of methoxy groups -OCH3 is 1. The van der Waals surface area contributed by atoms with Gasteiger partial charge in [0.1, 0.15) is 11.5 Å². The molecule has 3 rings (SSSR count).